The summed E-state index contributed by atoms with van der Waals surface area (Å²) in [4.78, 5) is 29.5. The van der Waals surface area contributed by atoms with Gasteiger partial charge in [0.1, 0.15) is 18.3 Å². The van der Waals surface area contributed by atoms with Crippen LogP contribution < -0.4 is 14.4 Å². The molecule has 44 heavy (non-hydrogen) atoms. The van der Waals surface area contributed by atoms with Crippen LogP contribution in [0.25, 0.3) is 0 Å². The lowest BCUT2D eigenvalue weighted by Gasteiger charge is -2.34. The van der Waals surface area contributed by atoms with E-state index in [1.165, 1.54) is 29.2 Å². The Kier molecular flexibility index (Phi) is 11.7. The number of halogens is 1. The minimum atomic E-state index is -4.19. The van der Waals surface area contributed by atoms with Gasteiger partial charge < -0.3 is 15.0 Å². The molecule has 4 rings (SSSR count). The van der Waals surface area contributed by atoms with Crippen LogP contribution in [0, 0.1) is 6.92 Å². The maximum Gasteiger partial charge on any atom is 0.264 e. The van der Waals surface area contributed by atoms with Crippen LogP contribution >= 0.6 is 11.6 Å². The van der Waals surface area contributed by atoms with Gasteiger partial charge in [-0.2, -0.15) is 0 Å². The van der Waals surface area contributed by atoms with E-state index in [0.717, 1.165) is 47.5 Å². The fourth-order valence-corrected chi connectivity index (χ4v) is 7.03. The molecular formula is C34H42ClN3O5S. The molecule has 0 radical (unpaired) electrons. The van der Waals surface area contributed by atoms with Crippen molar-refractivity contribution in [2.45, 2.75) is 82.8 Å². The smallest absolute Gasteiger partial charge is 0.264 e. The second-order valence-corrected chi connectivity index (χ2v) is 13.5. The summed E-state index contributed by atoms with van der Waals surface area (Å²) >= 11 is 6.05. The zero-order valence-electron chi connectivity index (χ0n) is 25.7. The Bertz CT molecular complexity index is 1490. The van der Waals surface area contributed by atoms with Crippen molar-refractivity contribution in [1.82, 2.24) is 10.2 Å². The van der Waals surface area contributed by atoms with Gasteiger partial charge in [0.2, 0.25) is 11.8 Å². The van der Waals surface area contributed by atoms with E-state index in [0.29, 0.717) is 29.5 Å². The number of hydrogen-bond donors (Lipinski definition) is 1. The van der Waals surface area contributed by atoms with Crippen LogP contribution in [0.2, 0.25) is 5.02 Å². The van der Waals surface area contributed by atoms with Crippen molar-refractivity contribution in [2.75, 3.05) is 17.5 Å². The summed E-state index contributed by atoms with van der Waals surface area (Å²) in [5, 5.41) is 3.57. The lowest BCUT2D eigenvalue weighted by Crippen LogP contribution is -2.54. The second-order valence-electron chi connectivity index (χ2n) is 11.2. The van der Waals surface area contributed by atoms with Gasteiger partial charge in [-0.1, -0.05) is 67.6 Å². The Hall–Kier alpha value is -3.56. The molecule has 0 heterocycles. The number of rotatable bonds is 13. The molecule has 236 valence electrons. The number of nitrogens with zero attached hydrogens (tertiary/aromatic N) is 2. The van der Waals surface area contributed by atoms with Crippen LogP contribution in [0.3, 0.4) is 0 Å². The molecule has 1 fully saturated rings. The number of anilines is 1. The van der Waals surface area contributed by atoms with Gasteiger partial charge in [0.05, 0.1) is 17.2 Å². The lowest BCUT2D eigenvalue weighted by atomic mass is 9.95. The molecule has 1 N–H and O–H groups in total. The van der Waals surface area contributed by atoms with Crippen LogP contribution in [0.1, 0.15) is 63.5 Å². The number of nitrogens with one attached hydrogen (secondary N) is 1. The molecule has 3 aromatic rings. The molecule has 0 aliphatic heterocycles. The van der Waals surface area contributed by atoms with Crippen molar-refractivity contribution in [2.24, 2.45) is 0 Å². The van der Waals surface area contributed by atoms with Gasteiger partial charge in [-0.15, -0.1) is 0 Å². The Morgan fingerprint density at radius 3 is 2.16 bits per heavy atom. The number of amides is 2. The predicted molar refractivity (Wildman–Crippen MR) is 174 cm³/mol. The SMILES string of the molecule is CCOc1ccc(N(CC(=O)N(Cc2ccc(C)cc2)[C@@H](CC)C(=O)NC2CCCCC2)S(=O)(=O)c2ccc(Cl)cc2)cc1. The van der Waals surface area contributed by atoms with Crippen molar-refractivity contribution >= 4 is 39.1 Å². The highest BCUT2D eigenvalue weighted by Crippen LogP contribution is 2.28. The first kappa shape index (κ1) is 33.3. The van der Waals surface area contributed by atoms with Gasteiger partial charge in [0.15, 0.2) is 0 Å². The average molecular weight is 640 g/mol. The van der Waals surface area contributed by atoms with Crippen LogP contribution in [-0.4, -0.2) is 50.4 Å². The quantitative estimate of drug-likeness (QED) is 0.230. The van der Waals surface area contributed by atoms with Gasteiger partial charge in [-0.3, -0.25) is 13.9 Å². The number of carbonyl (C=O) groups is 2. The largest absolute Gasteiger partial charge is 0.494 e. The first-order valence-electron chi connectivity index (χ1n) is 15.3. The number of benzene rings is 3. The summed E-state index contributed by atoms with van der Waals surface area (Å²) in [6.07, 6.45) is 5.49. The minimum absolute atomic E-state index is 0.00393. The summed E-state index contributed by atoms with van der Waals surface area (Å²) in [6.45, 7) is 5.83. The number of carbonyl (C=O) groups excluding carboxylic acids is 2. The number of sulfonamides is 1. The fourth-order valence-electron chi connectivity index (χ4n) is 5.49. The molecule has 0 aromatic heterocycles. The first-order valence-corrected chi connectivity index (χ1v) is 17.1. The highest BCUT2D eigenvalue weighted by Gasteiger charge is 2.34. The van der Waals surface area contributed by atoms with Gasteiger partial charge in [-0.05, 0) is 87.2 Å². The maximum absolute atomic E-state index is 14.3. The summed E-state index contributed by atoms with van der Waals surface area (Å²) in [6, 6.07) is 19.5. The molecule has 0 spiro atoms. The summed E-state index contributed by atoms with van der Waals surface area (Å²) in [5.41, 5.74) is 2.22. The normalized spacial score (nSPS) is 14.5. The molecule has 1 aliphatic rings. The summed E-state index contributed by atoms with van der Waals surface area (Å²) in [5.74, 6) is -0.117. The zero-order chi connectivity index (χ0) is 31.7. The van der Waals surface area contributed by atoms with Gasteiger partial charge in [0, 0.05) is 17.6 Å². The summed E-state index contributed by atoms with van der Waals surface area (Å²) in [7, 11) is -4.19. The number of ether oxygens (including phenoxy) is 1. The molecule has 3 aromatic carbocycles. The van der Waals surface area contributed by atoms with E-state index >= 15 is 0 Å². The van der Waals surface area contributed by atoms with Gasteiger partial charge >= 0.3 is 0 Å². The van der Waals surface area contributed by atoms with Crippen molar-refractivity contribution in [3.05, 3.63) is 88.9 Å². The van der Waals surface area contributed by atoms with Crippen molar-refractivity contribution < 1.29 is 22.7 Å². The van der Waals surface area contributed by atoms with Crippen LogP contribution in [0.15, 0.2) is 77.7 Å². The molecule has 8 nitrogen and oxygen atoms in total. The zero-order valence-corrected chi connectivity index (χ0v) is 27.2. The molecule has 0 saturated heterocycles. The third-order valence-electron chi connectivity index (χ3n) is 7.93. The van der Waals surface area contributed by atoms with Gasteiger partial charge in [0.25, 0.3) is 10.0 Å². The first-order chi connectivity index (χ1) is 21.1. The van der Waals surface area contributed by atoms with Crippen molar-refractivity contribution in [3.8, 4) is 5.75 Å². The lowest BCUT2D eigenvalue weighted by molar-refractivity contribution is -0.140. The molecule has 10 heteroatoms. The van der Waals surface area contributed by atoms with Crippen LogP contribution in [0.4, 0.5) is 5.69 Å². The van der Waals surface area contributed by atoms with E-state index in [9.17, 15) is 18.0 Å². The van der Waals surface area contributed by atoms with Crippen LogP contribution in [-0.2, 0) is 26.2 Å². The Labute approximate surface area is 266 Å². The van der Waals surface area contributed by atoms with Crippen molar-refractivity contribution in [3.63, 3.8) is 0 Å². The van der Waals surface area contributed by atoms with Gasteiger partial charge in [-0.25, -0.2) is 8.42 Å². The molecule has 1 saturated carbocycles. The molecule has 2 amide bonds. The molecule has 0 unspecified atom stereocenters. The Morgan fingerprint density at radius 2 is 1.57 bits per heavy atom. The standard InChI is InChI=1S/C34H42ClN3O5S/c1-4-32(34(40)36-28-9-7-6-8-10-28)37(23-26-13-11-25(3)12-14-26)33(39)24-38(29-17-19-30(20-18-29)43-5-2)44(41,42)31-21-15-27(35)16-22-31/h11-22,28,32H,4-10,23-24H2,1-3H3,(H,36,40)/t32-/m0/s1. The van der Waals surface area contributed by atoms with E-state index in [2.05, 4.69) is 5.32 Å². The number of hydrogen-bond acceptors (Lipinski definition) is 5. The molecular weight excluding hydrogens is 598 g/mol. The Balaban J connectivity index is 1.70. The van der Waals surface area contributed by atoms with E-state index in [-0.39, 0.29) is 23.4 Å². The molecule has 1 aliphatic carbocycles. The second kappa shape index (κ2) is 15.4. The number of aryl methyl sites for hydroxylation is 1. The van der Waals surface area contributed by atoms with E-state index in [4.69, 9.17) is 16.3 Å². The minimum Gasteiger partial charge on any atom is -0.494 e. The average Bonchev–Trinajstić information content (AvgIpc) is 3.02. The van der Waals surface area contributed by atoms with E-state index in [1.807, 2.05) is 45.0 Å². The highest BCUT2D eigenvalue weighted by molar-refractivity contribution is 7.92. The summed E-state index contributed by atoms with van der Waals surface area (Å²) < 4.78 is 34.7. The van der Waals surface area contributed by atoms with E-state index in [1.54, 1.807) is 24.3 Å². The van der Waals surface area contributed by atoms with Crippen molar-refractivity contribution in [1.29, 1.82) is 0 Å². The maximum atomic E-state index is 14.3. The topological polar surface area (TPSA) is 96.0 Å². The monoisotopic (exact) mass is 639 g/mol. The third-order valence-corrected chi connectivity index (χ3v) is 9.97. The predicted octanol–water partition coefficient (Wildman–Crippen LogP) is 6.50. The van der Waals surface area contributed by atoms with E-state index < -0.39 is 28.5 Å². The Morgan fingerprint density at radius 1 is 0.932 bits per heavy atom. The third kappa shape index (κ3) is 8.54. The molecule has 1 atom stereocenters. The fraction of sp³-hybridized carbons (Fsp3) is 0.412. The molecule has 0 bridgehead atoms. The van der Waals surface area contributed by atoms with Crippen LogP contribution in [0.5, 0.6) is 5.75 Å². The highest BCUT2D eigenvalue weighted by atomic mass is 35.5.